The van der Waals surface area contributed by atoms with Crippen molar-refractivity contribution in [2.24, 2.45) is 0 Å². The fourth-order valence-corrected chi connectivity index (χ4v) is 1.55. The number of fused-ring (bicyclic) bond motifs is 1. The standard InChI is InChI=1S/C8H9NO3.C6H4/c1-2-12-8-6-4-3-5-7(8)9(10)11;1-2-6-4-3-5(1)6/h3-6H,2H2,1H3;1-4H. The van der Waals surface area contributed by atoms with Gasteiger partial charge in [0, 0.05) is 6.07 Å². The highest BCUT2D eigenvalue weighted by Crippen LogP contribution is 2.29. The Kier molecular flexibility index (Phi) is 3.57. The molecule has 1 aromatic carbocycles. The normalized spacial score (nSPS) is 10.1. The summed E-state index contributed by atoms with van der Waals surface area (Å²) in [5.74, 6) is 0.324. The molecular formula is C14H13NO3. The van der Waals surface area contributed by atoms with E-state index < -0.39 is 4.92 Å². The summed E-state index contributed by atoms with van der Waals surface area (Å²) >= 11 is 0. The first-order valence-corrected chi connectivity index (χ1v) is 5.69. The average Bonchev–Trinajstić information content (AvgIpc) is 2.35. The van der Waals surface area contributed by atoms with Crippen LogP contribution in [0, 0.1) is 10.1 Å². The summed E-state index contributed by atoms with van der Waals surface area (Å²) in [7, 11) is 0. The van der Waals surface area contributed by atoms with Crippen LogP contribution in [0.3, 0.4) is 0 Å². The number of nitrogens with zero attached hydrogens (tertiary/aromatic N) is 1. The number of hydrogen-bond donors (Lipinski definition) is 0. The van der Waals surface area contributed by atoms with Crippen molar-refractivity contribution in [2.75, 3.05) is 6.61 Å². The molecule has 0 fully saturated rings. The summed E-state index contributed by atoms with van der Waals surface area (Å²) < 4.78 is 5.06. The molecule has 0 heterocycles. The maximum absolute atomic E-state index is 10.4. The van der Waals surface area contributed by atoms with Gasteiger partial charge < -0.3 is 4.74 Å². The molecule has 92 valence electrons. The predicted octanol–water partition coefficient (Wildman–Crippen LogP) is 3.66. The molecule has 0 bridgehead atoms. The van der Waals surface area contributed by atoms with E-state index >= 15 is 0 Å². The number of nitro groups is 1. The summed E-state index contributed by atoms with van der Waals surface area (Å²) in [5, 5.41) is 10.4. The molecule has 18 heavy (non-hydrogen) atoms. The molecule has 2 aliphatic rings. The second-order valence-corrected chi connectivity index (χ2v) is 3.74. The van der Waals surface area contributed by atoms with Gasteiger partial charge in [-0.15, -0.1) is 0 Å². The minimum absolute atomic E-state index is 0.0133. The molecule has 0 saturated carbocycles. The van der Waals surface area contributed by atoms with Crippen LogP contribution in [0.1, 0.15) is 6.92 Å². The van der Waals surface area contributed by atoms with Gasteiger partial charge in [0.1, 0.15) is 0 Å². The van der Waals surface area contributed by atoms with Crippen LogP contribution in [0.2, 0.25) is 0 Å². The minimum Gasteiger partial charge on any atom is -0.487 e. The van der Waals surface area contributed by atoms with E-state index in [1.165, 1.54) is 17.2 Å². The van der Waals surface area contributed by atoms with Crippen molar-refractivity contribution >= 4 is 5.69 Å². The van der Waals surface area contributed by atoms with Gasteiger partial charge in [-0.1, -0.05) is 36.4 Å². The topological polar surface area (TPSA) is 52.4 Å². The van der Waals surface area contributed by atoms with Crippen molar-refractivity contribution < 1.29 is 9.66 Å². The Morgan fingerprint density at radius 3 is 2.00 bits per heavy atom. The molecule has 0 radical (unpaired) electrons. The van der Waals surface area contributed by atoms with E-state index in [1.54, 1.807) is 25.1 Å². The molecule has 0 spiro atoms. The highest BCUT2D eigenvalue weighted by molar-refractivity contribution is 5.75. The van der Waals surface area contributed by atoms with Crippen LogP contribution >= 0.6 is 0 Å². The lowest BCUT2D eigenvalue weighted by molar-refractivity contribution is -0.385. The van der Waals surface area contributed by atoms with Crippen LogP contribution < -0.4 is 4.74 Å². The lowest BCUT2D eigenvalue weighted by Gasteiger charge is -2.10. The van der Waals surface area contributed by atoms with Crippen molar-refractivity contribution in [3.63, 3.8) is 0 Å². The van der Waals surface area contributed by atoms with Crippen LogP contribution in [-0.2, 0) is 0 Å². The number of para-hydroxylation sites is 2. The van der Waals surface area contributed by atoms with E-state index in [2.05, 4.69) is 24.3 Å². The zero-order valence-corrected chi connectivity index (χ0v) is 10.00. The molecule has 0 saturated heterocycles. The highest BCUT2D eigenvalue weighted by Gasteiger charge is 2.12. The molecule has 3 rings (SSSR count). The fraction of sp³-hybridized carbons (Fsp3) is 0.143. The number of nitro benzene ring substituents is 1. The van der Waals surface area contributed by atoms with Crippen molar-refractivity contribution in [3.05, 3.63) is 58.6 Å². The average molecular weight is 243 g/mol. The van der Waals surface area contributed by atoms with Gasteiger partial charge in [-0.2, -0.15) is 0 Å². The molecule has 0 atom stereocenters. The third-order valence-electron chi connectivity index (χ3n) is 2.58. The molecule has 4 heteroatoms. The molecule has 1 aromatic rings. The Bertz CT molecular complexity index is 528. The Labute approximate surface area is 105 Å². The SMILES string of the molecule is CCOc1ccccc1[N+](=O)[O-].c1cc2ccc1-2. The maximum Gasteiger partial charge on any atom is 0.310 e. The fourth-order valence-electron chi connectivity index (χ4n) is 1.55. The zero-order chi connectivity index (χ0) is 13.0. The first-order valence-electron chi connectivity index (χ1n) is 5.69. The van der Waals surface area contributed by atoms with Crippen molar-refractivity contribution in [1.82, 2.24) is 0 Å². The third-order valence-corrected chi connectivity index (χ3v) is 2.58. The van der Waals surface area contributed by atoms with E-state index in [0.29, 0.717) is 12.4 Å². The number of ether oxygens (including phenoxy) is 1. The van der Waals surface area contributed by atoms with Gasteiger partial charge in [-0.25, -0.2) is 0 Å². The Balaban J connectivity index is 0.000000164. The van der Waals surface area contributed by atoms with Crippen LogP contribution in [0.25, 0.3) is 11.1 Å². The Morgan fingerprint density at radius 1 is 1.06 bits per heavy atom. The van der Waals surface area contributed by atoms with Crippen molar-refractivity contribution in [1.29, 1.82) is 0 Å². The van der Waals surface area contributed by atoms with E-state index in [4.69, 9.17) is 4.74 Å². The molecule has 0 aliphatic heterocycles. The van der Waals surface area contributed by atoms with Crippen LogP contribution in [0.4, 0.5) is 5.69 Å². The van der Waals surface area contributed by atoms with Crippen molar-refractivity contribution in [2.45, 2.75) is 6.92 Å². The van der Waals surface area contributed by atoms with Crippen LogP contribution in [0.15, 0.2) is 48.5 Å². The zero-order valence-electron chi connectivity index (χ0n) is 10.00. The first kappa shape index (κ1) is 12.1. The lowest BCUT2D eigenvalue weighted by Crippen LogP contribution is -1.96. The molecule has 0 unspecified atom stereocenters. The van der Waals surface area contributed by atoms with Gasteiger partial charge in [0.15, 0.2) is 5.75 Å². The molecular weight excluding hydrogens is 230 g/mol. The van der Waals surface area contributed by atoms with Gasteiger partial charge in [-0.3, -0.25) is 10.1 Å². The first-order chi connectivity index (χ1) is 8.72. The molecule has 0 amide bonds. The highest BCUT2D eigenvalue weighted by atomic mass is 16.6. The second-order valence-electron chi connectivity index (χ2n) is 3.74. The van der Waals surface area contributed by atoms with Crippen LogP contribution in [0.5, 0.6) is 5.75 Å². The summed E-state index contributed by atoms with van der Waals surface area (Å²) in [6.45, 7) is 2.22. The molecule has 0 aromatic heterocycles. The summed E-state index contributed by atoms with van der Waals surface area (Å²) in [4.78, 5) is 9.97. The summed E-state index contributed by atoms with van der Waals surface area (Å²) in [6, 6.07) is 14.8. The van der Waals surface area contributed by atoms with E-state index in [1.807, 2.05) is 0 Å². The van der Waals surface area contributed by atoms with E-state index in [-0.39, 0.29) is 5.69 Å². The summed E-state index contributed by atoms with van der Waals surface area (Å²) in [5.41, 5.74) is 2.87. The Hall–Kier alpha value is -2.36. The lowest BCUT2D eigenvalue weighted by atomic mass is 9.95. The number of rotatable bonds is 3. The molecule has 4 nitrogen and oxygen atoms in total. The Morgan fingerprint density at radius 2 is 1.61 bits per heavy atom. The van der Waals surface area contributed by atoms with Gasteiger partial charge in [0.2, 0.25) is 0 Å². The van der Waals surface area contributed by atoms with Gasteiger partial charge in [0.05, 0.1) is 11.5 Å². The smallest absolute Gasteiger partial charge is 0.310 e. The number of benzene rings is 2. The number of hydrogen-bond acceptors (Lipinski definition) is 3. The van der Waals surface area contributed by atoms with Crippen molar-refractivity contribution in [3.8, 4) is 16.9 Å². The third kappa shape index (κ3) is 2.48. The quantitative estimate of drug-likeness (QED) is 0.521. The molecule has 2 aliphatic carbocycles. The van der Waals surface area contributed by atoms with Crippen LogP contribution in [-0.4, -0.2) is 11.5 Å². The second kappa shape index (κ2) is 5.31. The van der Waals surface area contributed by atoms with Gasteiger partial charge in [0.25, 0.3) is 0 Å². The maximum atomic E-state index is 10.4. The summed E-state index contributed by atoms with van der Waals surface area (Å²) in [6.07, 6.45) is 0. The van der Waals surface area contributed by atoms with E-state index in [0.717, 1.165) is 0 Å². The van der Waals surface area contributed by atoms with Gasteiger partial charge in [-0.05, 0) is 24.1 Å². The minimum atomic E-state index is -0.453. The predicted molar refractivity (Wildman–Crippen MR) is 69.7 cm³/mol. The largest absolute Gasteiger partial charge is 0.487 e. The van der Waals surface area contributed by atoms with E-state index in [9.17, 15) is 10.1 Å². The van der Waals surface area contributed by atoms with Gasteiger partial charge >= 0.3 is 5.69 Å². The monoisotopic (exact) mass is 243 g/mol. The molecule has 0 N–H and O–H groups in total.